The molecule has 0 aliphatic rings. The average molecular weight is 373 g/mol. The van der Waals surface area contributed by atoms with Crippen LogP contribution in [0.5, 0.6) is 0 Å². The fraction of sp³-hybridized carbons (Fsp3) is 0. The van der Waals surface area contributed by atoms with E-state index in [1.165, 1.54) is 63.5 Å². The second kappa shape index (κ2) is 5.12. The zero-order chi connectivity index (χ0) is 18.2. The SMILES string of the molecule is c1ccc2c(c1)ccc1c2sc2c1c1ccccc1c1[nH]c3ccccc3c12. The minimum Gasteiger partial charge on any atom is -0.354 e. The van der Waals surface area contributed by atoms with Gasteiger partial charge in [-0.25, -0.2) is 0 Å². The fourth-order valence-corrected chi connectivity index (χ4v) is 6.18. The number of aromatic nitrogens is 1. The smallest absolute Gasteiger partial charge is 0.0559 e. The van der Waals surface area contributed by atoms with Crippen molar-refractivity contribution in [1.29, 1.82) is 0 Å². The van der Waals surface area contributed by atoms with Gasteiger partial charge in [0.2, 0.25) is 0 Å². The second-order valence-electron chi connectivity index (χ2n) is 7.44. The Morgan fingerprint density at radius 1 is 0.500 bits per heavy atom. The molecule has 2 heterocycles. The third-order valence-electron chi connectivity index (χ3n) is 5.98. The summed E-state index contributed by atoms with van der Waals surface area (Å²) < 4.78 is 2.77. The van der Waals surface area contributed by atoms with Crippen LogP contribution in [0.3, 0.4) is 0 Å². The van der Waals surface area contributed by atoms with Gasteiger partial charge < -0.3 is 4.98 Å². The van der Waals surface area contributed by atoms with Crippen LogP contribution in [0.4, 0.5) is 0 Å². The molecule has 28 heavy (non-hydrogen) atoms. The molecule has 0 atom stereocenters. The number of para-hydroxylation sites is 1. The Labute approximate surface area is 164 Å². The number of hydrogen-bond acceptors (Lipinski definition) is 1. The molecule has 0 spiro atoms. The van der Waals surface area contributed by atoms with Crippen LogP contribution in [0, 0.1) is 0 Å². The van der Waals surface area contributed by atoms with Crippen LogP contribution in [-0.4, -0.2) is 4.98 Å². The van der Waals surface area contributed by atoms with Gasteiger partial charge in [-0.3, -0.25) is 0 Å². The van der Waals surface area contributed by atoms with Crippen LogP contribution in [0.25, 0.3) is 63.5 Å². The number of nitrogens with one attached hydrogen (secondary N) is 1. The predicted octanol–water partition coefficient (Wildman–Crippen LogP) is 8.00. The molecule has 0 amide bonds. The van der Waals surface area contributed by atoms with E-state index in [2.05, 4.69) is 89.9 Å². The van der Waals surface area contributed by atoms with Gasteiger partial charge in [-0.1, -0.05) is 78.9 Å². The highest BCUT2D eigenvalue weighted by Crippen LogP contribution is 2.47. The molecule has 0 unspecified atom stereocenters. The Balaban J connectivity index is 1.89. The first-order valence-corrected chi connectivity index (χ1v) is 10.4. The normalized spacial score (nSPS) is 12.3. The van der Waals surface area contributed by atoms with Gasteiger partial charge in [0.25, 0.3) is 0 Å². The number of hydrogen-bond donors (Lipinski definition) is 1. The summed E-state index contributed by atoms with van der Waals surface area (Å²) in [5.74, 6) is 0. The molecule has 5 aromatic carbocycles. The second-order valence-corrected chi connectivity index (χ2v) is 8.46. The lowest BCUT2D eigenvalue weighted by atomic mass is 9.98. The monoisotopic (exact) mass is 373 g/mol. The topological polar surface area (TPSA) is 15.8 Å². The Hall–Kier alpha value is -3.36. The molecular weight excluding hydrogens is 358 g/mol. The van der Waals surface area contributed by atoms with E-state index in [1.54, 1.807) is 0 Å². The van der Waals surface area contributed by atoms with E-state index in [4.69, 9.17) is 0 Å². The molecule has 2 aromatic heterocycles. The van der Waals surface area contributed by atoms with Crippen molar-refractivity contribution in [3.05, 3.63) is 84.9 Å². The van der Waals surface area contributed by atoms with Crippen molar-refractivity contribution in [3.8, 4) is 0 Å². The largest absolute Gasteiger partial charge is 0.354 e. The molecule has 0 saturated carbocycles. The van der Waals surface area contributed by atoms with E-state index in [1.807, 2.05) is 11.3 Å². The van der Waals surface area contributed by atoms with Crippen molar-refractivity contribution in [1.82, 2.24) is 4.98 Å². The summed E-state index contributed by atoms with van der Waals surface area (Å²) in [5.41, 5.74) is 2.46. The van der Waals surface area contributed by atoms with Crippen molar-refractivity contribution in [2.24, 2.45) is 0 Å². The molecule has 0 radical (unpaired) electrons. The molecule has 2 heteroatoms. The zero-order valence-corrected chi connectivity index (χ0v) is 15.8. The van der Waals surface area contributed by atoms with Crippen molar-refractivity contribution < 1.29 is 0 Å². The maximum atomic E-state index is 3.70. The van der Waals surface area contributed by atoms with Gasteiger partial charge in [-0.05, 0) is 22.2 Å². The minimum absolute atomic E-state index is 1.21. The molecule has 1 nitrogen and oxygen atoms in total. The van der Waals surface area contributed by atoms with Gasteiger partial charge in [-0.2, -0.15) is 0 Å². The maximum Gasteiger partial charge on any atom is 0.0559 e. The Kier molecular flexibility index (Phi) is 2.68. The number of fused-ring (bicyclic) bond motifs is 12. The van der Waals surface area contributed by atoms with E-state index >= 15 is 0 Å². The van der Waals surface area contributed by atoms with Crippen LogP contribution in [-0.2, 0) is 0 Å². The first kappa shape index (κ1) is 14.7. The van der Waals surface area contributed by atoms with Crippen LogP contribution in [0.15, 0.2) is 84.9 Å². The first-order chi connectivity index (χ1) is 13.9. The summed E-state index contributed by atoms with van der Waals surface area (Å²) in [6.45, 7) is 0. The lowest BCUT2D eigenvalue weighted by molar-refractivity contribution is 1.57. The average Bonchev–Trinajstić information content (AvgIpc) is 3.33. The highest BCUT2D eigenvalue weighted by atomic mass is 32.1. The van der Waals surface area contributed by atoms with E-state index in [9.17, 15) is 0 Å². The lowest BCUT2D eigenvalue weighted by Gasteiger charge is -2.04. The number of thiophene rings is 1. The van der Waals surface area contributed by atoms with Gasteiger partial charge in [0, 0.05) is 41.8 Å². The summed E-state index contributed by atoms with van der Waals surface area (Å²) in [4.78, 5) is 3.70. The molecule has 7 rings (SSSR count). The highest BCUT2D eigenvalue weighted by molar-refractivity contribution is 7.28. The van der Waals surface area contributed by atoms with Gasteiger partial charge in [0.15, 0.2) is 0 Å². The minimum atomic E-state index is 1.21. The summed E-state index contributed by atoms with van der Waals surface area (Å²) in [6, 6.07) is 30.8. The van der Waals surface area contributed by atoms with Crippen LogP contribution < -0.4 is 0 Å². The molecule has 0 fully saturated rings. The molecule has 130 valence electrons. The third kappa shape index (κ3) is 1.71. The first-order valence-electron chi connectivity index (χ1n) is 9.55. The molecule has 0 bridgehead atoms. The summed E-state index contributed by atoms with van der Waals surface area (Å²) >= 11 is 1.93. The van der Waals surface area contributed by atoms with E-state index in [0.717, 1.165) is 0 Å². The van der Waals surface area contributed by atoms with Crippen LogP contribution in [0.2, 0.25) is 0 Å². The van der Waals surface area contributed by atoms with Crippen molar-refractivity contribution in [2.45, 2.75) is 0 Å². The predicted molar refractivity (Wildman–Crippen MR) is 124 cm³/mol. The molecule has 0 aliphatic heterocycles. The standard InChI is InChI=1S/C26H15NS/c1-2-8-16-15(7-1)13-14-20-22-17-9-3-4-10-18(17)24-23(26(22)28-25(16)20)19-11-5-6-12-21(19)27-24/h1-14,27H. The van der Waals surface area contributed by atoms with Crippen molar-refractivity contribution >= 4 is 74.9 Å². The number of rotatable bonds is 0. The van der Waals surface area contributed by atoms with Crippen molar-refractivity contribution in [3.63, 3.8) is 0 Å². The number of aromatic amines is 1. The number of H-pyrrole nitrogens is 1. The van der Waals surface area contributed by atoms with Gasteiger partial charge in [-0.15, -0.1) is 11.3 Å². The molecule has 7 aromatic rings. The quantitative estimate of drug-likeness (QED) is 0.277. The van der Waals surface area contributed by atoms with Gasteiger partial charge in [0.05, 0.1) is 5.52 Å². The lowest BCUT2D eigenvalue weighted by Crippen LogP contribution is -1.78. The third-order valence-corrected chi connectivity index (χ3v) is 7.24. The Morgan fingerprint density at radius 3 is 2.11 bits per heavy atom. The number of benzene rings is 5. The van der Waals surface area contributed by atoms with Crippen LogP contribution >= 0.6 is 11.3 Å². The van der Waals surface area contributed by atoms with Crippen molar-refractivity contribution in [2.75, 3.05) is 0 Å². The molecular formula is C26H15NS. The van der Waals surface area contributed by atoms with E-state index in [-0.39, 0.29) is 0 Å². The highest BCUT2D eigenvalue weighted by Gasteiger charge is 2.18. The maximum absolute atomic E-state index is 3.70. The fourth-order valence-electron chi connectivity index (χ4n) is 4.77. The molecule has 1 N–H and O–H groups in total. The van der Waals surface area contributed by atoms with E-state index < -0.39 is 0 Å². The molecule has 0 aliphatic carbocycles. The van der Waals surface area contributed by atoms with Crippen LogP contribution in [0.1, 0.15) is 0 Å². The Bertz CT molecular complexity index is 1720. The zero-order valence-electron chi connectivity index (χ0n) is 15.0. The summed E-state index contributed by atoms with van der Waals surface area (Å²) in [6.07, 6.45) is 0. The summed E-state index contributed by atoms with van der Waals surface area (Å²) in [5, 5.41) is 10.7. The molecule has 0 saturated heterocycles. The van der Waals surface area contributed by atoms with E-state index in [0.29, 0.717) is 0 Å². The van der Waals surface area contributed by atoms with Gasteiger partial charge >= 0.3 is 0 Å². The Morgan fingerprint density at radius 2 is 1.21 bits per heavy atom. The van der Waals surface area contributed by atoms with Gasteiger partial charge in [0.1, 0.15) is 0 Å². The summed E-state index contributed by atoms with van der Waals surface area (Å²) in [7, 11) is 0.